The first-order valence-corrected chi connectivity index (χ1v) is 9.57. The van der Waals surface area contributed by atoms with Gasteiger partial charge in [-0.3, -0.25) is 4.79 Å². The third-order valence-electron chi connectivity index (χ3n) is 7.65. The van der Waals surface area contributed by atoms with E-state index in [4.69, 9.17) is 9.47 Å². The Morgan fingerprint density at radius 3 is 2.79 bits per heavy atom. The Morgan fingerprint density at radius 1 is 1.21 bits per heavy atom. The molecule has 3 heteroatoms. The number of fused-ring (bicyclic) bond motifs is 4. The van der Waals surface area contributed by atoms with Crippen molar-refractivity contribution >= 4 is 5.78 Å². The van der Waals surface area contributed by atoms with E-state index in [1.54, 1.807) is 12.7 Å². The second-order valence-electron chi connectivity index (χ2n) is 8.49. The van der Waals surface area contributed by atoms with Gasteiger partial charge in [-0.25, -0.2) is 0 Å². The summed E-state index contributed by atoms with van der Waals surface area (Å²) in [7, 11) is 3.51. The van der Waals surface area contributed by atoms with Crippen molar-refractivity contribution in [3.05, 3.63) is 22.8 Å². The van der Waals surface area contributed by atoms with Crippen LogP contribution in [0.15, 0.2) is 22.8 Å². The van der Waals surface area contributed by atoms with Gasteiger partial charge in [-0.2, -0.15) is 0 Å². The maximum atomic E-state index is 12.2. The fourth-order valence-corrected chi connectivity index (χ4v) is 6.29. The molecule has 0 radical (unpaired) electrons. The first kappa shape index (κ1) is 16.5. The van der Waals surface area contributed by atoms with Crippen LogP contribution in [0.5, 0.6) is 0 Å². The summed E-state index contributed by atoms with van der Waals surface area (Å²) in [5.41, 5.74) is 4.91. The fraction of sp³-hybridized carbons (Fsp3) is 0.762. The highest BCUT2D eigenvalue weighted by molar-refractivity contribution is 5.96. The molecule has 5 atom stereocenters. The van der Waals surface area contributed by atoms with Crippen LogP contribution in [0.3, 0.4) is 0 Å². The smallest absolute Gasteiger partial charge is 0.184 e. The third kappa shape index (κ3) is 2.35. The lowest BCUT2D eigenvalue weighted by Gasteiger charge is -2.49. The first-order valence-electron chi connectivity index (χ1n) is 9.57. The summed E-state index contributed by atoms with van der Waals surface area (Å²) in [5.74, 6) is 2.41. The van der Waals surface area contributed by atoms with Gasteiger partial charge < -0.3 is 9.47 Å². The Labute approximate surface area is 145 Å². The molecule has 0 saturated heterocycles. The number of allylic oxidation sites excluding steroid dienone is 2. The molecule has 0 aliphatic heterocycles. The quantitative estimate of drug-likeness (QED) is 0.782. The van der Waals surface area contributed by atoms with Crippen LogP contribution >= 0.6 is 0 Å². The highest BCUT2D eigenvalue weighted by Gasteiger charge is 2.53. The minimum absolute atomic E-state index is 0.164. The fourth-order valence-electron chi connectivity index (χ4n) is 6.29. The van der Waals surface area contributed by atoms with Crippen LogP contribution in [-0.2, 0) is 14.3 Å². The van der Waals surface area contributed by atoms with Gasteiger partial charge in [0.05, 0.1) is 0 Å². The zero-order chi connectivity index (χ0) is 16.9. The Morgan fingerprint density at radius 2 is 2.04 bits per heavy atom. The van der Waals surface area contributed by atoms with E-state index < -0.39 is 0 Å². The summed E-state index contributed by atoms with van der Waals surface area (Å²) in [6.07, 6.45) is 9.88. The van der Waals surface area contributed by atoms with E-state index in [9.17, 15) is 4.79 Å². The summed E-state index contributed by atoms with van der Waals surface area (Å²) in [5, 5.41) is 0. The van der Waals surface area contributed by atoms with E-state index in [2.05, 4.69) is 6.92 Å². The van der Waals surface area contributed by atoms with E-state index in [1.807, 2.05) is 13.2 Å². The number of rotatable bonds is 3. The van der Waals surface area contributed by atoms with Crippen molar-refractivity contribution in [2.24, 2.45) is 23.2 Å². The van der Waals surface area contributed by atoms with E-state index >= 15 is 0 Å². The molecule has 2 saturated carbocycles. The molecule has 4 aliphatic rings. The topological polar surface area (TPSA) is 35.5 Å². The van der Waals surface area contributed by atoms with Crippen LogP contribution < -0.4 is 0 Å². The lowest BCUT2D eigenvalue weighted by atomic mass is 9.56. The summed E-state index contributed by atoms with van der Waals surface area (Å²) in [6.45, 7) is 3.43. The van der Waals surface area contributed by atoms with Crippen molar-refractivity contribution < 1.29 is 14.3 Å². The lowest BCUT2D eigenvalue weighted by Crippen LogP contribution is -2.41. The minimum Gasteiger partial charge on any atom is -0.384 e. The molecule has 0 spiro atoms. The molecule has 0 amide bonds. The van der Waals surface area contributed by atoms with Crippen LogP contribution in [0, 0.1) is 23.2 Å². The summed E-state index contributed by atoms with van der Waals surface area (Å²) < 4.78 is 11.0. The van der Waals surface area contributed by atoms with Crippen LogP contribution in [0.2, 0.25) is 0 Å². The maximum Gasteiger partial charge on any atom is 0.184 e. The second-order valence-corrected chi connectivity index (χ2v) is 8.49. The van der Waals surface area contributed by atoms with E-state index in [1.165, 1.54) is 43.3 Å². The highest BCUT2D eigenvalue weighted by atomic mass is 16.5. The molecule has 0 aromatic heterocycles. The lowest BCUT2D eigenvalue weighted by molar-refractivity contribution is -0.124. The number of carbonyl (C=O) groups is 1. The molecule has 132 valence electrons. The number of hydrogen-bond donors (Lipinski definition) is 0. The minimum atomic E-state index is -0.256. The number of carbonyl (C=O) groups excluding carboxylic acids is 1. The molecule has 4 rings (SSSR count). The van der Waals surface area contributed by atoms with Crippen LogP contribution in [0.25, 0.3) is 0 Å². The van der Waals surface area contributed by atoms with Crippen molar-refractivity contribution in [3.63, 3.8) is 0 Å². The van der Waals surface area contributed by atoms with Crippen LogP contribution in [-0.4, -0.2) is 32.7 Å². The first-order chi connectivity index (χ1) is 11.6. The number of ether oxygens (including phenoxy) is 2. The highest BCUT2D eigenvalue weighted by Crippen LogP contribution is 2.62. The molecule has 0 aromatic rings. The zero-order valence-electron chi connectivity index (χ0n) is 15.3. The largest absolute Gasteiger partial charge is 0.384 e. The molecule has 0 aromatic carbocycles. The van der Waals surface area contributed by atoms with E-state index in [-0.39, 0.29) is 11.9 Å². The molecule has 0 heterocycles. The number of ketones is 1. The van der Waals surface area contributed by atoms with Gasteiger partial charge in [-0.1, -0.05) is 12.5 Å². The average Bonchev–Trinajstić information content (AvgIpc) is 2.91. The van der Waals surface area contributed by atoms with E-state index in [0.29, 0.717) is 5.41 Å². The van der Waals surface area contributed by atoms with Crippen molar-refractivity contribution in [2.75, 3.05) is 20.8 Å². The monoisotopic (exact) mass is 330 g/mol. The molecule has 24 heavy (non-hydrogen) atoms. The number of hydrogen-bond acceptors (Lipinski definition) is 3. The van der Waals surface area contributed by atoms with Gasteiger partial charge in [0, 0.05) is 27.2 Å². The van der Waals surface area contributed by atoms with Crippen molar-refractivity contribution in [1.29, 1.82) is 0 Å². The van der Waals surface area contributed by atoms with Gasteiger partial charge in [-0.15, -0.1) is 0 Å². The van der Waals surface area contributed by atoms with Crippen LogP contribution in [0.1, 0.15) is 51.9 Å². The van der Waals surface area contributed by atoms with E-state index in [0.717, 1.165) is 37.2 Å². The standard InChI is InChI=1S/C21H30O3/c1-21-9-8-15-16(18(21)7-5-14(21)12-23-2)6-4-13-10-19(22)20(24-3)11-17(13)15/h10,14,16,18,20H,4-9,11-12H2,1-3H3/t14-,16+,18-,20?,21+/m0/s1. The molecular weight excluding hydrogens is 300 g/mol. The summed E-state index contributed by atoms with van der Waals surface area (Å²) >= 11 is 0. The van der Waals surface area contributed by atoms with Gasteiger partial charge in [0.15, 0.2) is 5.78 Å². The molecule has 0 N–H and O–H groups in total. The molecule has 0 bridgehead atoms. The average molecular weight is 330 g/mol. The molecule has 2 fully saturated rings. The SMILES string of the molecule is COC[C@@H]1CC[C@H]2[C@@H]3CCC4=CC(=O)C(OC)CC4=C3CC[C@]12C. The zero-order valence-corrected chi connectivity index (χ0v) is 15.3. The molecular formula is C21H30O3. The molecule has 3 nitrogen and oxygen atoms in total. The Hall–Kier alpha value is -0.930. The summed E-state index contributed by atoms with van der Waals surface area (Å²) in [6, 6.07) is 0. The third-order valence-corrected chi connectivity index (χ3v) is 7.65. The van der Waals surface area contributed by atoms with Gasteiger partial charge >= 0.3 is 0 Å². The normalized spacial score (nSPS) is 41.6. The molecule has 1 unspecified atom stereocenters. The predicted octanol–water partition coefficient (Wildman–Crippen LogP) is 4.08. The predicted molar refractivity (Wildman–Crippen MR) is 93.7 cm³/mol. The maximum absolute atomic E-state index is 12.2. The van der Waals surface area contributed by atoms with Crippen molar-refractivity contribution in [1.82, 2.24) is 0 Å². The molecule has 4 aliphatic carbocycles. The second kappa shape index (κ2) is 6.10. The Kier molecular flexibility index (Phi) is 4.20. The van der Waals surface area contributed by atoms with Gasteiger partial charge in [0.25, 0.3) is 0 Å². The van der Waals surface area contributed by atoms with Crippen LogP contribution in [0.4, 0.5) is 0 Å². The number of methoxy groups -OCH3 is 2. The van der Waals surface area contributed by atoms with Gasteiger partial charge in [0.1, 0.15) is 6.10 Å². The van der Waals surface area contributed by atoms with Gasteiger partial charge in [-0.05, 0) is 78.9 Å². The van der Waals surface area contributed by atoms with Crippen molar-refractivity contribution in [3.8, 4) is 0 Å². The van der Waals surface area contributed by atoms with Gasteiger partial charge in [0.2, 0.25) is 0 Å². The Balaban J connectivity index is 1.67. The van der Waals surface area contributed by atoms with Crippen molar-refractivity contribution in [2.45, 2.75) is 58.0 Å². The summed E-state index contributed by atoms with van der Waals surface area (Å²) in [4.78, 5) is 12.2. The Bertz CT molecular complexity index is 602.